The highest BCUT2D eigenvalue weighted by Gasteiger charge is 2.14. The first kappa shape index (κ1) is 16.5. The van der Waals surface area contributed by atoms with Gasteiger partial charge in [0.2, 0.25) is 0 Å². The summed E-state index contributed by atoms with van der Waals surface area (Å²) in [6, 6.07) is 23.6. The summed E-state index contributed by atoms with van der Waals surface area (Å²) in [5.74, 6) is 1.41. The highest BCUT2D eigenvalue weighted by molar-refractivity contribution is 5.94. The molecule has 2 heteroatoms. The predicted octanol–water partition coefficient (Wildman–Crippen LogP) is 6.41. The van der Waals surface area contributed by atoms with Crippen molar-refractivity contribution in [2.45, 2.75) is 19.8 Å². The van der Waals surface area contributed by atoms with Gasteiger partial charge in [-0.1, -0.05) is 56.3 Å². The lowest BCUT2D eigenvalue weighted by molar-refractivity contribution is 0.415. The van der Waals surface area contributed by atoms with E-state index >= 15 is 0 Å². The molecule has 0 spiro atoms. The van der Waals surface area contributed by atoms with Crippen LogP contribution < -0.4 is 4.74 Å². The molecule has 0 saturated carbocycles. The van der Waals surface area contributed by atoms with Crippen LogP contribution in [-0.2, 0) is 0 Å². The first-order valence-corrected chi connectivity index (χ1v) is 9.02. The first-order chi connectivity index (χ1) is 12.7. The van der Waals surface area contributed by atoms with Gasteiger partial charge in [0.05, 0.1) is 12.6 Å². The lowest BCUT2D eigenvalue weighted by atomic mass is 9.95. The maximum absolute atomic E-state index is 5.31. The van der Waals surface area contributed by atoms with Crippen LogP contribution >= 0.6 is 0 Å². The van der Waals surface area contributed by atoms with E-state index in [1.807, 2.05) is 12.1 Å². The van der Waals surface area contributed by atoms with Crippen molar-refractivity contribution in [2.75, 3.05) is 7.11 Å². The standard InChI is InChI=1S/C24H23NO/c1-17(2)18-7-9-20(10-8-18)24-22(16-25-15-5-4-6-23(24)25)19-11-13-21(26-3)14-12-19/h4-17H,1-3H3. The normalized spacial score (nSPS) is 11.2. The summed E-state index contributed by atoms with van der Waals surface area (Å²) in [5, 5.41) is 0. The van der Waals surface area contributed by atoms with E-state index in [0.29, 0.717) is 5.92 Å². The third-order valence-corrected chi connectivity index (χ3v) is 4.95. The van der Waals surface area contributed by atoms with Crippen molar-refractivity contribution in [3.63, 3.8) is 0 Å². The molecule has 0 unspecified atom stereocenters. The van der Waals surface area contributed by atoms with Crippen LogP contribution in [0.5, 0.6) is 5.75 Å². The summed E-state index contributed by atoms with van der Waals surface area (Å²) < 4.78 is 7.51. The Hall–Kier alpha value is -3.00. The number of fused-ring (bicyclic) bond motifs is 1. The monoisotopic (exact) mass is 341 g/mol. The smallest absolute Gasteiger partial charge is 0.118 e. The largest absolute Gasteiger partial charge is 0.497 e. The average Bonchev–Trinajstić information content (AvgIpc) is 3.07. The molecular weight excluding hydrogens is 318 g/mol. The Morgan fingerprint density at radius 2 is 1.50 bits per heavy atom. The van der Waals surface area contributed by atoms with E-state index in [2.05, 4.69) is 85.2 Å². The van der Waals surface area contributed by atoms with Gasteiger partial charge < -0.3 is 9.14 Å². The second-order valence-electron chi connectivity index (χ2n) is 6.92. The summed E-state index contributed by atoms with van der Waals surface area (Å²) in [7, 11) is 1.70. The number of benzene rings is 2. The van der Waals surface area contributed by atoms with Gasteiger partial charge in [-0.2, -0.15) is 0 Å². The fraction of sp³-hybridized carbons (Fsp3) is 0.167. The van der Waals surface area contributed by atoms with Crippen LogP contribution in [-0.4, -0.2) is 11.5 Å². The van der Waals surface area contributed by atoms with E-state index in [-0.39, 0.29) is 0 Å². The fourth-order valence-corrected chi connectivity index (χ4v) is 3.45. The van der Waals surface area contributed by atoms with E-state index < -0.39 is 0 Å². The lowest BCUT2D eigenvalue weighted by Gasteiger charge is -2.09. The molecule has 0 radical (unpaired) electrons. The van der Waals surface area contributed by atoms with Crippen LogP contribution in [0.15, 0.2) is 79.1 Å². The fourth-order valence-electron chi connectivity index (χ4n) is 3.45. The van der Waals surface area contributed by atoms with Gasteiger partial charge in [0.15, 0.2) is 0 Å². The molecule has 130 valence electrons. The number of hydrogen-bond acceptors (Lipinski definition) is 1. The molecule has 0 atom stereocenters. The van der Waals surface area contributed by atoms with Crippen molar-refractivity contribution in [3.05, 3.63) is 84.7 Å². The van der Waals surface area contributed by atoms with Crippen molar-refractivity contribution in [1.82, 2.24) is 4.40 Å². The minimum absolute atomic E-state index is 0.538. The molecule has 0 N–H and O–H groups in total. The molecule has 0 bridgehead atoms. The minimum atomic E-state index is 0.538. The van der Waals surface area contributed by atoms with E-state index in [0.717, 1.165) is 5.75 Å². The van der Waals surface area contributed by atoms with Gasteiger partial charge in [0.25, 0.3) is 0 Å². The zero-order valence-corrected chi connectivity index (χ0v) is 15.4. The Morgan fingerprint density at radius 3 is 2.15 bits per heavy atom. The van der Waals surface area contributed by atoms with Crippen molar-refractivity contribution in [3.8, 4) is 28.0 Å². The molecule has 2 heterocycles. The highest BCUT2D eigenvalue weighted by Crippen LogP contribution is 2.38. The Labute approximate surface area is 154 Å². The number of nitrogens with zero attached hydrogens (tertiary/aromatic N) is 1. The van der Waals surface area contributed by atoms with Crippen LogP contribution in [0.3, 0.4) is 0 Å². The van der Waals surface area contributed by atoms with Crippen LogP contribution in [0.25, 0.3) is 27.8 Å². The Kier molecular flexibility index (Phi) is 4.26. The molecule has 2 aromatic heterocycles. The lowest BCUT2D eigenvalue weighted by Crippen LogP contribution is -1.88. The second kappa shape index (κ2) is 6.72. The van der Waals surface area contributed by atoms with Gasteiger partial charge in [-0.05, 0) is 46.9 Å². The zero-order valence-electron chi connectivity index (χ0n) is 15.4. The topological polar surface area (TPSA) is 13.6 Å². The highest BCUT2D eigenvalue weighted by atomic mass is 16.5. The van der Waals surface area contributed by atoms with Crippen LogP contribution in [0.1, 0.15) is 25.3 Å². The van der Waals surface area contributed by atoms with E-state index in [1.165, 1.54) is 33.3 Å². The van der Waals surface area contributed by atoms with Crippen molar-refractivity contribution in [1.29, 1.82) is 0 Å². The maximum Gasteiger partial charge on any atom is 0.118 e. The molecule has 0 saturated heterocycles. The van der Waals surface area contributed by atoms with Gasteiger partial charge in [0.1, 0.15) is 5.75 Å². The van der Waals surface area contributed by atoms with Crippen LogP contribution in [0.4, 0.5) is 0 Å². The molecule has 4 aromatic rings. The number of methoxy groups -OCH3 is 1. The summed E-state index contributed by atoms with van der Waals surface area (Å²) in [5.41, 5.74) is 7.52. The zero-order chi connectivity index (χ0) is 18.1. The quantitative estimate of drug-likeness (QED) is 0.418. The number of pyridine rings is 1. The van der Waals surface area contributed by atoms with E-state index in [9.17, 15) is 0 Å². The molecule has 2 aromatic carbocycles. The summed E-state index contributed by atoms with van der Waals surface area (Å²) in [4.78, 5) is 0. The Morgan fingerprint density at radius 1 is 0.808 bits per heavy atom. The first-order valence-electron chi connectivity index (χ1n) is 9.02. The predicted molar refractivity (Wildman–Crippen MR) is 109 cm³/mol. The molecule has 0 aliphatic heterocycles. The maximum atomic E-state index is 5.31. The molecule has 4 rings (SSSR count). The number of aromatic nitrogens is 1. The summed E-state index contributed by atoms with van der Waals surface area (Å²) in [6.07, 6.45) is 4.32. The van der Waals surface area contributed by atoms with Gasteiger partial charge in [-0.25, -0.2) is 0 Å². The van der Waals surface area contributed by atoms with Crippen molar-refractivity contribution < 1.29 is 4.74 Å². The third-order valence-electron chi connectivity index (χ3n) is 4.95. The van der Waals surface area contributed by atoms with Crippen molar-refractivity contribution >= 4 is 5.52 Å². The summed E-state index contributed by atoms with van der Waals surface area (Å²) >= 11 is 0. The molecule has 26 heavy (non-hydrogen) atoms. The summed E-state index contributed by atoms with van der Waals surface area (Å²) in [6.45, 7) is 4.46. The number of ether oxygens (including phenoxy) is 1. The van der Waals surface area contributed by atoms with Gasteiger partial charge >= 0.3 is 0 Å². The van der Waals surface area contributed by atoms with Gasteiger partial charge in [-0.3, -0.25) is 0 Å². The molecule has 0 amide bonds. The van der Waals surface area contributed by atoms with E-state index in [4.69, 9.17) is 4.74 Å². The van der Waals surface area contributed by atoms with Crippen LogP contribution in [0, 0.1) is 0 Å². The Balaban J connectivity index is 1.91. The molecule has 2 nitrogen and oxygen atoms in total. The molecule has 0 fully saturated rings. The molecule has 0 aliphatic carbocycles. The number of hydrogen-bond donors (Lipinski definition) is 0. The average molecular weight is 341 g/mol. The van der Waals surface area contributed by atoms with Crippen LogP contribution in [0.2, 0.25) is 0 Å². The van der Waals surface area contributed by atoms with Gasteiger partial charge in [0, 0.05) is 23.5 Å². The number of rotatable bonds is 4. The molecular formula is C24H23NO. The van der Waals surface area contributed by atoms with Crippen molar-refractivity contribution in [2.24, 2.45) is 0 Å². The SMILES string of the molecule is COc1ccc(-c2cn3ccccc3c2-c2ccc(C(C)C)cc2)cc1. The second-order valence-corrected chi connectivity index (χ2v) is 6.92. The van der Waals surface area contributed by atoms with Gasteiger partial charge in [-0.15, -0.1) is 0 Å². The Bertz CT molecular complexity index is 1020. The third kappa shape index (κ3) is 2.88. The van der Waals surface area contributed by atoms with E-state index in [1.54, 1.807) is 7.11 Å². The molecule has 0 aliphatic rings. The minimum Gasteiger partial charge on any atom is -0.497 e.